The van der Waals surface area contributed by atoms with Crippen LogP contribution >= 0.6 is 11.8 Å². The normalized spacial score (nSPS) is 17.0. The number of amidine groups is 1. The highest BCUT2D eigenvalue weighted by atomic mass is 32.2. The standard InChI is InChI=1S/C22H23N3O5S/c1-4-30-21(28)14-5-7-16(8-6-14)24-22-25(2)20(27)18(31-22)13-19(26)23-15-9-11-17(29-3)12-10-15/h5-12,18H,4,13H2,1-3H3,(H,23,26)/t18-/m1/s1. The molecule has 8 nitrogen and oxygen atoms in total. The van der Waals surface area contributed by atoms with Gasteiger partial charge in [-0.05, 0) is 55.5 Å². The Morgan fingerprint density at radius 3 is 2.42 bits per heavy atom. The molecule has 162 valence electrons. The summed E-state index contributed by atoms with van der Waals surface area (Å²) in [5.74, 6) is -0.148. The Bertz CT molecular complexity index is 989. The first kappa shape index (κ1) is 22.4. The molecule has 1 atom stereocenters. The van der Waals surface area contributed by atoms with Crippen molar-refractivity contribution in [2.45, 2.75) is 18.6 Å². The van der Waals surface area contributed by atoms with Crippen LogP contribution in [0.5, 0.6) is 5.75 Å². The van der Waals surface area contributed by atoms with Gasteiger partial charge in [0.25, 0.3) is 0 Å². The van der Waals surface area contributed by atoms with Gasteiger partial charge in [0.1, 0.15) is 11.0 Å². The molecule has 31 heavy (non-hydrogen) atoms. The molecule has 1 heterocycles. The minimum Gasteiger partial charge on any atom is -0.497 e. The average molecular weight is 442 g/mol. The van der Waals surface area contributed by atoms with E-state index >= 15 is 0 Å². The van der Waals surface area contributed by atoms with Gasteiger partial charge in [-0.25, -0.2) is 9.79 Å². The minimum atomic E-state index is -0.555. The summed E-state index contributed by atoms with van der Waals surface area (Å²) in [5.41, 5.74) is 1.66. The lowest BCUT2D eigenvalue weighted by atomic mass is 10.2. The van der Waals surface area contributed by atoms with Crippen LogP contribution in [0.15, 0.2) is 53.5 Å². The average Bonchev–Trinajstić information content (AvgIpc) is 3.02. The fourth-order valence-corrected chi connectivity index (χ4v) is 4.00. The summed E-state index contributed by atoms with van der Waals surface area (Å²) in [4.78, 5) is 42.6. The van der Waals surface area contributed by atoms with Crippen LogP contribution in [0, 0.1) is 0 Å². The molecule has 2 amide bonds. The van der Waals surface area contributed by atoms with Gasteiger partial charge in [0.15, 0.2) is 5.17 Å². The van der Waals surface area contributed by atoms with Gasteiger partial charge in [0.2, 0.25) is 11.8 Å². The summed E-state index contributed by atoms with van der Waals surface area (Å²) < 4.78 is 10.1. The molecule has 1 fully saturated rings. The van der Waals surface area contributed by atoms with Gasteiger partial charge >= 0.3 is 5.97 Å². The van der Waals surface area contributed by atoms with Crippen molar-refractivity contribution < 1.29 is 23.9 Å². The Balaban J connectivity index is 1.62. The van der Waals surface area contributed by atoms with Crippen LogP contribution in [-0.4, -0.2) is 53.9 Å². The quantitative estimate of drug-likeness (QED) is 0.661. The van der Waals surface area contributed by atoms with Crippen LogP contribution in [0.2, 0.25) is 0 Å². The molecule has 0 aliphatic carbocycles. The number of hydrogen-bond acceptors (Lipinski definition) is 7. The number of thioether (sulfide) groups is 1. The highest BCUT2D eigenvalue weighted by molar-refractivity contribution is 8.15. The molecule has 1 N–H and O–H groups in total. The molecule has 1 saturated heterocycles. The molecule has 0 radical (unpaired) electrons. The number of carbonyl (C=O) groups excluding carboxylic acids is 3. The van der Waals surface area contributed by atoms with Crippen molar-refractivity contribution >= 4 is 46.1 Å². The molecule has 0 unspecified atom stereocenters. The zero-order valence-corrected chi connectivity index (χ0v) is 18.3. The van der Waals surface area contributed by atoms with E-state index < -0.39 is 11.2 Å². The Morgan fingerprint density at radius 2 is 1.81 bits per heavy atom. The molecular weight excluding hydrogens is 418 g/mol. The van der Waals surface area contributed by atoms with Crippen molar-refractivity contribution in [3.63, 3.8) is 0 Å². The Morgan fingerprint density at radius 1 is 1.13 bits per heavy atom. The smallest absolute Gasteiger partial charge is 0.338 e. The van der Waals surface area contributed by atoms with E-state index in [-0.39, 0.29) is 18.2 Å². The van der Waals surface area contributed by atoms with E-state index in [2.05, 4.69) is 10.3 Å². The van der Waals surface area contributed by atoms with E-state index in [1.807, 2.05) is 0 Å². The SMILES string of the molecule is CCOC(=O)c1ccc(N=C2S[C@H](CC(=O)Nc3ccc(OC)cc3)C(=O)N2C)cc1. The first-order chi connectivity index (χ1) is 14.9. The molecule has 3 rings (SSSR count). The lowest BCUT2D eigenvalue weighted by Crippen LogP contribution is -2.30. The number of anilines is 1. The molecule has 2 aromatic carbocycles. The molecule has 9 heteroatoms. The van der Waals surface area contributed by atoms with Crippen molar-refractivity contribution in [3.05, 3.63) is 54.1 Å². The van der Waals surface area contributed by atoms with Crippen LogP contribution in [0.4, 0.5) is 11.4 Å². The van der Waals surface area contributed by atoms with Crippen molar-refractivity contribution in [2.24, 2.45) is 4.99 Å². The van der Waals surface area contributed by atoms with Crippen molar-refractivity contribution in [1.82, 2.24) is 4.90 Å². The zero-order chi connectivity index (χ0) is 22.4. The number of hydrogen-bond donors (Lipinski definition) is 1. The Hall–Kier alpha value is -3.33. The Kier molecular flexibility index (Phi) is 7.30. The molecule has 0 spiro atoms. The fraction of sp³-hybridized carbons (Fsp3) is 0.273. The molecular formula is C22H23N3O5S. The minimum absolute atomic E-state index is 0.0285. The van der Waals surface area contributed by atoms with Gasteiger partial charge in [-0.3, -0.25) is 14.5 Å². The second-order valence-corrected chi connectivity index (χ2v) is 7.82. The maximum absolute atomic E-state index is 12.6. The fourth-order valence-electron chi connectivity index (χ4n) is 2.85. The van der Waals surface area contributed by atoms with E-state index in [0.717, 1.165) is 0 Å². The first-order valence-corrected chi connectivity index (χ1v) is 10.5. The molecule has 1 aliphatic heterocycles. The molecule has 0 saturated carbocycles. The number of nitrogens with zero attached hydrogens (tertiary/aromatic N) is 2. The second kappa shape index (κ2) is 10.1. The number of carbonyl (C=O) groups is 3. The third-order valence-electron chi connectivity index (χ3n) is 4.49. The summed E-state index contributed by atoms with van der Waals surface area (Å²) >= 11 is 1.24. The van der Waals surface area contributed by atoms with E-state index in [0.29, 0.717) is 34.5 Å². The molecule has 0 aromatic heterocycles. The maximum atomic E-state index is 12.6. The summed E-state index contributed by atoms with van der Waals surface area (Å²) in [7, 11) is 3.20. The molecule has 2 aromatic rings. The van der Waals surface area contributed by atoms with Crippen LogP contribution in [0.25, 0.3) is 0 Å². The predicted molar refractivity (Wildman–Crippen MR) is 120 cm³/mol. The van der Waals surface area contributed by atoms with Gasteiger partial charge in [-0.15, -0.1) is 0 Å². The van der Waals surface area contributed by atoms with E-state index in [4.69, 9.17) is 9.47 Å². The van der Waals surface area contributed by atoms with Crippen LogP contribution in [-0.2, 0) is 14.3 Å². The number of nitrogens with one attached hydrogen (secondary N) is 1. The molecule has 0 bridgehead atoms. The van der Waals surface area contributed by atoms with Crippen molar-refractivity contribution in [3.8, 4) is 5.75 Å². The summed E-state index contributed by atoms with van der Waals surface area (Å²) in [6.07, 6.45) is 0.0285. The van der Waals surface area contributed by atoms with Crippen molar-refractivity contribution in [2.75, 3.05) is 26.1 Å². The largest absolute Gasteiger partial charge is 0.497 e. The second-order valence-electron chi connectivity index (χ2n) is 6.65. The van der Waals surface area contributed by atoms with Gasteiger partial charge < -0.3 is 14.8 Å². The van der Waals surface area contributed by atoms with E-state index in [1.165, 1.54) is 16.7 Å². The number of amides is 2. The predicted octanol–water partition coefficient (Wildman–Crippen LogP) is 3.46. The Labute approximate surface area is 184 Å². The first-order valence-electron chi connectivity index (χ1n) is 9.65. The molecule has 1 aliphatic rings. The van der Waals surface area contributed by atoms with Gasteiger partial charge in [-0.2, -0.15) is 0 Å². The van der Waals surface area contributed by atoms with Crippen LogP contribution in [0.3, 0.4) is 0 Å². The number of ether oxygens (including phenoxy) is 2. The van der Waals surface area contributed by atoms with Gasteiger partial charge in [0, 0.05) is 19.2 Å². The van der Waals surface area contributed by atoms with E-state index in [1.54, 1.807) is 69.6 Å². The lowest BCUT2D eigenvalue weighted by Gasteiger charge is -2.09. The highest BCUT2D eigenvalue weighted by Crippen LogP contribution is 2.31. The number of methoxy groups -OCH3 is 1. The highest BCUT2D eigenvalue weighted by Gasteiger charge is 2.37. The number of aliphatic imine (C=N–C) groups is 1. The number of benzene rings is 2. The van der Waals surface area contributed by atoms with Crippen LogP contribution in [0.1, 0.15) is 23.7 Å². The monoisotopic (exact) mass is 441 g/mol. The maximum Gasteiger partial charge on any atom is 0.338 e. The van der Waals surface area contributed by atoms with Gasteiger partial charge in [0.05, 0.1) is 25.0 Å². The third kappa shape index (κ3) is 5.64. The van der Waals surface area contributed by atoms with Crippen molar-refractivity contribution in [1.29, 1.82) is 0 Å². The summed E-state index contributed by atoms with van der Waals surface area (Å²) in [6.45, 7) is 2.05. The number of rotatable bonds is 7. The summed E-state index contributed by atoms with van der Waals surface area (Å²) in [5, 5.41) is 2.73. The topological polar surface area (TPSA) is 97.3 Å². The summed E-state index contributed by atoms with van der Waals surface area (Å²) in [6, 6.07) is 13.6. The van der Waals surface area contributed by atoms with E-state index in [9.17, 15) is 14.4 Å². The van der Waals surface area contributed by atoms with Crippen LogP contribution < -0.4 is 10.1 Å². The number of esters is 1. The van der Waals surface area contributed by atoms with Gasteiger partial charge in [-0.1, -0.05) is 11.8 Å². The zero-order valence-electron chi connectivity index (χ0n) is 17.5. The lowest BCUT2D eigenvalue weighted by molar-refractivity contribution is -0.127. The third-order valence-corrected chi connectivity index (χ3v) is 5.72.